The lowest BCUT2D eigenvalue weighted by Gasteiger charge is -2.10. The fourth-order valence-electron chi connectivity index (χ4n) is 7.58. The smallest absolute Gasteiger partial charge is 0.227 e. The Morgan fingerprint density at radius 3 is 2.06 bits per heavy atom. The number of allylic oxidation sites excluding steroid dienone is 13. The summed E-state index contributed by atoms with van der Waals surface area (Å²) in [7, 11) is 2.12. The van der Waals surface area contributed by atoms with Crippen LogP contribution in [0, 0.1) is 13.8 Å². The molecular formula is C56H52BN6O2. The molecule has 65 heavy (non-hydrogen) atoms. The first-order valence-corrected chi connectivity index (χ1v) is 21.6. The highest BCUT2D eigenvalue weighted by Gasteiger charge is 2.19. The summed E-state index contributed by atoms with van der Waals surface area (Å²) in [6, 6.07) is 25.9. The van der Waals surface area contributed by atoms with Crippen LogP contribution in [0.4, 0.5) is 0 Å². The zero-order valence-electron chi connectivity index (χ0n) is 38.1. The second-order valence-electron chi connectivity index (χ2n) is 15.2. The zero-order valence-corrected chi connectivity index (χ0v) is 38.1. The Morgan fingerprint density at radius 1 is 0.785 bits per heavy atom. The molecule has 0 fully saturated rings. The third-order valence-electron chi connectivity index (χ3n) is 10.9. The predicted octanol–water partition coefficient (Wildman–Crippen LogP) is 12.5. The number of rotatable bonds is 15. The minimum absolute atomic E-state index is 0.434. The van der Waals surface area contributed by atoms with Crippen molar-refractivity contribution in [1.82, 2.24) is 29.5 Å². The maximum atomic E-state index is 6.52. The highest BCUT2D eigenvalue weighted by atomic mass is 16.4. The highest BCUT2D eigenvalue weighted by Crippen LogP contribution is 2.33. The van der Waals surface area contributed by atoms with Crippen LogP contribution in [-0.2, 0) is 0 Å². The average Bonchev–Trinajstić information content (AvgIpc) is 4.01. The summed E-state index contributed by atoms with van der Waals surface area (Å²) in [6.07, 6.45) is 23.5. The normalized spacial score (nSPS) is 13.5. The van der Waals surface area contributed by atoms with Gasteiger partial charge in [-0.3, -0.25) is 0 Å². The Hall–Kier alpha value is -7.91. The molecule has 0 unspecified atom stereocenters. The summed E-state index contributed by atoms with van der Waals surface area (Å²) in [5.41, 5.74) is 13.5. The largest absolute Gasteiger partial charge is 0.436 e. The summed E-state index contributed by atoms with van der Waals surface area (Å²) in [5.74, 6) is 2.54. The van der Waals surface area contributed by atoms with E-state index >= 15 is 0 Å². The number of nitrogens with zero attached hydrogens (tertiary/aromatic N) is 6. The van der Waals surface area contributed by atoms with E-state index in [1.165, 1.54) is 0 Å². The minimum atomic E-state index is 0.434. The molecule has 4 heterocycles. The zero-order chi connectivity index (χ0) is 46.0. The first kappa shape index (κ1) is 45.1. The Balaban J connectivity index is 1.24. The monoisotopic (exact) mass is 851 g/mol. The van der Waals surface area contributed by atoms with Crippen molar-refractivity contribution < 1.29 is 8.83 Å². The SMILES string of the molecule is C=C/C=C\C(=C/C)c1nc2cc(-n3c(C)c(/C=C([B]C)/C(C)=C/C(=C\C=C)c4nc(=C/C)/c(=C\C(=C)c5nc(-c6ccccc6)nc(-c6ccccc6)n5)o4)c(C)c3/C=C\C)ccc2o1. The van der Waals surface area contributed by atoms with E-state index in [2.05, 4.69) is 95.6 Å². The molecule has 0 spiro atoms. The average molecular weight is 852 g/mol. The van der Waals surface area contributed by atoms with Crippen LogP contribution in [0.1, 0.15) is 67.8 Å². The molecule has 0 bridgehead atoms. The van der Waals surface area contributed by atoms with E-state index in [1.807, 2.05) is 124 Å². The van der Waals surface area contributed by atoms with Gasteiger partial charge in [0.15, 0.2) is 28.5 Å². The van der Waals surface area contributed by atoms with Gasteiger partial charge < -0.3 is 13.4 Å². The van der Waals surface area contributed by atoms with Gasteiger partial charge in [-0.1, -0.05) is 147 Å². The number of fused-ring (bicyclic) bond motifs is 1. The quantitative estimate of drug-likeness (QED) is 0.0749. The summed E-state index contributed by atoms with van der Waals surface area (Å²) in [4.78, 5) is 24.3. The van der Waals surface area contributed by atoms with E-state index in [9.17, 15) is 0 Å². The Bertz CT molecular complexity index is 3190. The van der Waals surface area contributed by atoms with Crippen LogP contribution in [0.5, 0.6) is 0 Å². The maximum absolute atomic E-state index is 6.52. The van der Waals surface area contributed by atoms with Gasteiger partial charge in [0.1, 0.15) is 18.1 Å². The fourth-order valence-corrected chi connectivity index (χ4v) is 7.58. The number of hydrogen-bond acceptors (Lipinski definition) is 7. The molecule has 0 atom stereocenters. The van der Waals surface area contributed by atoms with E-state index in [4.69, 9.17) is 33.8 Å². The topological polar surface area (TPSA) is 95.7 Å². The van der Waals surface area contributed by atoms with Gasteiger partial charge in [0.25, 0.3) is 0 Å². The number of oxazole rings is 2. The highest BCUT2D eigenvalue weighted by molar-refractivity contribution is 6.46. The first-order chi connectivity index (χ1) is 31.6. The van der Waals surface area contributed by atoms with Gasteiger partial charge in [-0.05, 0) is 95.2 Å². The van der Waals surface area contributed by atoms with Gasteiger partial charge in [-0.15, -0.1) is 0 Å². The van der Waals surface area contributed by atoms with Gasteiger partial charge in [0.2, 0.25) is 11.8 Å². The lowest BCUT2D eigenvalue weighted by atomic mass is 9.68. The number of benzene rings is 3. The third kappa shape index (κ3) is 9.85. The van der Waals surface area contributed by atoms with Crippen molar-refractivity contribution in [1.29, 1.82) is 0 Å². The minimum Gasteiger partial charge on any atom is -0.436 e. The summed E-state index contributed by atoms with van der Waals surface area (Å²) < 4.78 is 15.0. The lowest BCUT2D eigenvalue weighted by molar-refractivity contribution is 0.512. The molecule has 0 saturated heterocycles. The van der Waals surface area contributed by atoms with Crippen LogP contribution < -0.4 is 10.8 Å². The lowest BCUT2D eigenvalue weighted by Crippen LogP contribution is -2.21. The number of hydrogen-bond donors (Lipinski definition) is 0. The second-order valence-corrected chi connectivity index (χ2v) is 15.2. The Kier molecular flexibility index (Phi) is 14.2. The summed E-state index contributed by atoms with van der Waals surface area (Å²) in [6.45, 7) is 26.6. The van der Waals surface area contributed by atoms with Crippen molar-refractivity contribution in [3.05, 3.63) is 209 Å². The van der Waals surface area contributed by atoms with E-state index in [-0.39, 0.29) is 0 Å². The second kappa shape index (κ2) is 20.5. The molecule has 7 aromatic rings. The van der Waals surface area contributed by atoms with Crippen LogP contribution in [0.2, 0.25) is 6.82 Å². The molecule has 3 aromatic carbocycles. The van der Waals surface area contributed by atoms with Crippen LogP contribution in [0.15, 0.2) is 167 Å². The number of aromatic nitrogens is 6. The third-order valence-corrected chi connectivity index (χ3v) is 10.9. The molecule has 0 N–H and O–H groups in total. The first-order valence-electron chi connectivity index (χ1n) is 21.6. The van der Waals surface area contributed by atoms with E-state index in [0.29, 0.717) is 45.6 Å². The summed E-state index contributed by atoms with van der Waals surface area (Å²) in [5, 5.41) is 0.663. The predicted molar refractivity (Wildman–Crippen MR) is 272 cm³/mol. The van der Waals surface area contributed by atoms with Gasteiger partial charge in [-0.25, -0.2) is 24.9 Å². The summed E-state index contributed by atoms with van der Waals surface area (Å²) >= 11 is 0. The van der Waals surface area contributed by atoms with Crippen LogP contribution in [-0.4, -0.2) is 36.8 Å². The van der Waals surface area contributed by atoms with Crippen molar-refractivity contribution in [3.63, 3.8) is 0 Å². The molecule has 0 saturated carbocycles. The molecule has 0 aliphatic carbocycles. The van der Waals surface area contributed by atoms with Crippen LogP contribution in [0.3, 0.4) is 0 Å². The van der Waals surface area contributed by atoms with Gasteiger partial charge in [0.05, 0.1) is 0 Å². The molecule has 7 rings (SSSR count). The molecule has 0 amide bonds. The van der Waals surface area contributed by atoms with Gasteiger partial charge in [0, 0.05) is 44.9 Å². The van der Waals surface area contributed by atoms with E-state index in [1.54, 1.807) is 12.2 Å². The fraction of sp³-hybridized carbons (Fsp3) is 0.125. The van der Waals surface area contributed by atoms with Crippen molar-refractivity contribution >= 4 is 59.4 Å². The van der Waals surface area contributed by atoms with Crippen molar-refractivity contribution in [2.45, 2.75) is 48.4 Å². The Labute approximate surface area is 382 Å². The molecular weight excluding hydrogens is 799 g/mol. The van der Waals surface area contributed by atoms with Crippen LogP contribution in [0.25, 0.3) is 80.6 Å². The van der Waals surface area contributed by atoms with Gasteiger partial charge in [-0.2, -0.15) is 0 Å². The van der Waals surface area contributed by atoms with Gasteiger partial charge >= 0.3 is 0 Å². The van der Waals surface area contributed by atoms with Crippen LogP contribution >= 0.6 is 0 Å². The molecule has 1 radical (unpaired) electrons. The molecule has 8 nitrogen and oxygen atoms in total. The molecule has 0 aliphatic heterocycles. The standard InChI is InChI=1S/C56H52BN6O2/c1-11-16-25-40(14-4)55-59-48-34-44(30-31-50(48)64-55)63-39(9)45(38(8)49(63)24-13-3)35-46(57-10)36(6)32-43(23-12-2)56-58-47(15-5)51(65-56)33-37(7)52-60-53(41-26-19-17-20-27-41)62-54(61-52)42-28-21-18-22-29-42/h11-35H,1-2,7H2,3-6,8-10H3/b24-13-,25-16-,36-32+,40-14+,43-23+,46-35-,47-15+,51-33+. The molecule has 9 heteroatoms. The van der Waals surface area contributed by atoms with Crippen molar-refractivity contribution in [2.24, 2.45) is 0 Å². The van der Waals surface area contributed by atoms with E-state index < -0.39 is 0 Å². The molecule has 321 valence electrons. The van der Waals surface area contributed by atoms with Crippen molar-refractivity contribution in [3.8, 4) is 28.5 Å². The Morgan fingerprint density at radius 2 is 1.46 bits per heavy atom. The van der Waals surface area contributed by atoms with Crippen molar-refractivity contribution in [2.75, 3.05) is 0 Å². The molecule has 4 aromatic heterocycles. The van der Waals surface area contributed by atoms with E-state index in [0.717, 1.165) is 72.6 Å². The molecule has 0 aliphatic rings. The maximum Gasteiger partial charge on any atom is 0.227 e.